The number of ether oxygens (including phenoxy) is 1. The van der Waals surface area contributed by atoms with E-state index in [-0.39, 0.29) is 12.6 Å². The molecule has 0 radical (unpaired) electrons. The smallest absolute Gasteiger partial charge is 0.339 e. The largest absolute Gasteiger partial charge is 0.460 e. The van der Waals surface area contributed by atoms with Crippen LogP contribution in [0, 0.1) is 13.8 Å². The van der Waals surface area contributed by atoms with Crippen molar-refractivity contribution in [3.8, 4) is 11.3 Å². The number of aryl methyl sites for hydroxylation is 3. The highest BCUT2D eigenvalue weighted by atomic mass is 16.5. The second-order valence-electron chi connectivity index (χ2n) is 6.90. The van der Waals surface area contributed by atoms with E-state index in [1.54, 1.807) is 16.9 Å². The highest BCUT2D eigenvalue weighted by molar-refractivity contribution is 6.03. The van der Waals surface area contributed by atoms with E-state index in [4.69, 9.17) is 9.72 Å². The molecule has 0 aliphatic carbocycles. The number of benzene rings is 1. The zero-order valence-corrected chi connectivity index (χ0v) is 16.8. The Morgan fingerprint density at radius 2 is 1.90 bits per heavy atom. The first-order valence-electron chi connectivity index (χ1n) is 9.67. The van der Waals surface area contributed by atoms with Gasteiger partial charge in [-0.15, -0.1) is 0 Å². The van der Waals surface area contributed by atoms with Crippen molar-refractivity contribution in [1.29, 1.82) is 0 Å². The Labute approximate surface area is 168 Å². The zero-order chi connectivity index (χ0) is 20.4. The molecule has 29 heavy (non-hydrogen) atoms. The van der Waals surface area contributed by atoms with Crippen LogP contribution in [0.2, 0.25) is 0 Å². The molecule has 4 rings (SSSR count). The van der Waals surface area contributed by atoms with E-state index in [1.165, 1.54) is 0 Å². The lowest BCUT2D eigenvalue weighted by atomic mass is 10.1. The summed E-state index contributed by atoms with van der Waals surface area (Å²) in [6, 6.07) is 13.6. The van der Waals surface area contributed by atoms with Gasteiger partial charge in [-0.25, -0.2) is 14.5 Å². The van der Waals surface area contributed by atoms with Crippen molar-refractivity contribution >= 4 is 17.0 Å². The summed E-state index contributed by atoms with van der Waals surface area (Å²) in [6.45, 7) is 7.35. The first-order chi connectivity index (χ1) is 14.1. The minimum Gasteiger partial charge on any atom is -0.460 e. The van der Waals surface area contributed by atoms with E-state index in [9.17, 15) is 4.79 Å². The molecule has 0 aliphatic heterocycles. The van der Waals surface area contributed by atoms with Gasteiger partial charge < -0.3 is 4.74 Å². The van der Waals surface area contributed by atoms with E-state index in [1.807, 2.05) is 61.9 Å². The third kappa shape index (κ3) is 3.76. The molecular weight excluding hydrogens is 366 g/mol. The molecule has 0 N–H and O–H groups in total. The number of esters is 1. The van der Waals surface area contributed by atoms with Crippen LogP contribution in [0.25, 0.3) is 22.3 Å². The fraction of sp³-hybridized carbons (Fsp3) is 0.273. The minimum absolute atomic E-state index is 0.243. The van der Waals surface area contributed by atoms with Crippen LogP contribution in [0.3, 0.4) is 0 Å². The highest BCUT2D eigenvalue weighted by Gasteiger charge is 2.18. The molecule has 0 fully saturated rings. The first-order valence-corrected chi connectivity index (χ1v) is 9.67. The number of carbonyl (C=O) groups excluding carboxylic acids is 1. The number of nitrogens with zero attached hydrogens (tertiary/aromatic N) is 5. The summed E-state index contributed by atoms with van der Waals surface area (Å²) >= 11 is 0. The molecule has 4 aromatic rings. The number of pyridine rings is 1. The predicted octanol–water partition coefficient (Wildman–Crippen LogP) is 3.79. The lowest BCUT2D eigenvalue weighted by Gasteiger charge is -2.09. The molecular formula is C22H23N5O2. The lowest BCUT2D eigenvalue weighted by Crippen LogP contribution is -2.14. The van der Waals surface area contributed by atoms with Crippen molar-refractivity contribution in [3.63, 3.8) is 0 Å². The quantitative estimate of drug-likeness (QED) is 0.469. The zero-order valence-electron chi connectivity index (χ0n) is 16.8. The van der Waals surface area contributed by atoms with Gasteiger partial charge in [0, 0.05) is 17.8 Å². The molecule has 0 spiro atoms. The number of aromatic nitrogens is 5. The minimum atomic E-state index is -0.383. The van der Waals surface area contributed by atoms with Crippen LogP contribution >= 0.6 is 0 Å². The Morgan fingerprint density at radius 1 is 1.10 bits per heavy atom. The van der Waals surface area contributed by atoms with Crippen LogP contribution in [0.1, 0.15) is 28.7 Å². The van der Waals surface area contributed by atoms with Crippen molar-refractivity contribution < 1.29 is 9.53 Å². The fourth-order valence-electron chi connectivity index (χ4n) is 3.41. The van der Waals surface area contributed by atoms with Crippen molar-refractivity contribution in [2.75, 3.05) is 6.61 Å². The van der Waals surface area contributed by atoms with Gasteiger partial charge in [0.1, 0.15) is 6.61 Å². The molecule has 0 saturated carbocycles. The molecule has 0 atom stereocenters. The maximum atomic E-state index is 12.9. The third-order valence-electron chi connectivity index (χ3n) is 4.84. The molecule has 7 nitrogen and oxygen atoms in total. The molecule has 0 unspecified atom stereocenters. The molecule has 1 aromatic carbocycles. The summed E-state index contributed by atoms with van der Waals surface area (Å²) < 4.78 is 9.20. The Hall–Kier alpha value is -3.48. The topological polar surface area (TPSA) is 74.8 Å². The molecule has 148 valence electrons. The van der Waals surface area contributed by atoms with Crippen molar-refractivity contribution in [2.45, 2.75) is 33.9 Å². The Kier molecular flexibility index (Phi) is 5.12. The van der Waals surface area contributed by atoms with Crippen molar-refractivity contribution in [3.05, 3.63) is 65.6 Å². The Balaban J connectivity index is 1.63. The highest BCUT2D eigenvalue weighted by Crippen LogP contribution is 2.25. The van der Waals surface area contributed by atoms with Crippen LogP contribution < -0.4 is 0 Å². The van der Waals surface area contributed by atoms with Crippen LogP contribution in [-0.2, 0) is 17.8 Å². The van der Waals surface area contributed by atoms with E-state index < -0.39 is 0 Å². The van der Waals surface area contributed by atoms with Crippen LogP contribution in [0.5, 0.6) is 0 Å². The molecule has 0 bridgehead atoms. The van der Waals surface area contributed by atoms with Gasteiger partial charge in [0.2, 0.25) is 0 Å². The van der Waals surface area contributed by atoms with Crippen molar-refractivity contribution in [2.24, 2.45) is 0 Å². The van der Waals surface area contributed by atoms with Gasteiger partial charge in [-0.1, -0.05) is 30.3 Å². The molecule has 3 aromatic heterocycles. The average molecular weight is 389 g/mol. The normalized spacial score (nSPS) is 11.1. The second-order valence-corrected chi connectivity index (χ2v) is 6.90. The van der Waals surface area contributed by atoms with Gasteiger partial charge in [0.25, 0.3) is 0 Å². The predicted molar refractivity (Wildman–Crippen MR) is 111 cm³/mol. The maximum Gasteiger partial charge on any atom is 0.339 e. The average Bonchev–Trinajstić information content (AvgIpc) is 3.29. The van der Waals surface area contributed by atoms with Crippen LogP contribution in [-0.4, -0.2) is 37.1 Å². The summed E-state index contributed by atoms with van der Waals surface area (Å²) in [5.41, 5.74) is 4.81. The summed E-state index contributed by atoms with van der Waals surface area (Å²) in [6.07, 6.45) is 1.68. The Morgan fingerprint density at radius 3 is 2.59 bits per heavy atom. The maximum absolute atomic E-state index is 12.9. The number of carbonyl (C=O) groups is 1. The van der Waals surface area contributed by atoms with Crippen LogP contribution in [0.15, 0.2) is 48.7 Å². The van der Waals surface area contributed by atoms with Gasteiger partial charge in [-0.2, -0.15) is 10.2 Å². The summed E-state index contributed by atoms with van der Waals surface area (Å²) in [7, 11) is 0. The molecule has 7 heteroatoms. The fourth-order valence-corrected chi connectivity index (χ4v) is 3.41. The molecule has 0 amide bonds. The van der Waals surface area contributed by atoms with Gasteiger partial charge in [-0.05, 0) is 32.9 Å². The van der Waals surface area contributed by atoms with Crippen LogP contribution in [0.4, 0.5) is 0 Å². The monoisotopic (exact) mass is 389 g/mol. The van der Waals surface area contributed by atoms with Gasteiger partial charge in [0.15, 0.2) is 5.65 Å². The van der Waals surface area contributed by atoms with Gasteiger partial charge in [-0.3, -0.25) is 4.68 Å². The summed E-state index contributed by atoms with van der Waals surface area (Å²) in [5, 5.41) is 9.46. The van der Waals surface area contributed by atoms with Gasteiger partial charge >= 0.3 is 5.97 Å². The number of hydrogen-bond acceptors (Lipinski definition) is 5. The Bertz CT molecular complexity index is 1160. The standard InChI is InChI=1S/C22H23N5O2/c1-4-26-21-19(14-23-26)18(13-20(24-21)17-8-6-5-7-9-17)22(28)29-11-10-27-16(3)12-15(2)25-27/h5-9,12-14H,4,10-11H2,1-3H3. The second kappa shape index (κ2) is 7.87. The number of rotatable bonds is 6. The summed E-state index contributed by atoms with van der Waals surface area (Å²) in [5.74, 6) is -0.383. The van der Waals surface area contributed by atoms with Gasteiger partial charge in [0.05, 0.1) is 35.1 Å². The van der Waals surface area contributed by atoms with E-state index in [2.05, 4.69) is 10.2 Å². The molecule has 0 saturated heterocycles. The van der Waals surface area contributed by atoms with E-state index in [0.717, 1.165) is 22.6 Å². The lowest BCUT2D eigenvalue weighted by molar-refractivity contribution is 0.0489. The number of fused-ring (bicyclic) bond motifs is 1. The SMILES string of the molecule is CCn1ncc2c(C(=O)OCCn3nc(C)cc3C)cc(-c3ccccc3)nc21. The molecule has 3 heterocycles. The first kappa shape index (κ1) is 18.9. The van der Waals surface area contributed by atoms with E-state index in [0.29, 0.717) is 29.7 Å². The van der Waals surface area contributed by atoms with E-state index >= 15 is 0 Å². The number of hydrogen-bond donors (Lipinski definition) is 0. The molecule has 0 aliphatic rings. The third-order valence-corrected chi connectivity index (χ3v) is 4.84. The summed E-state index contributed by atoms with van der Waals surface area (Å²) in [4.78, 5) is 17.6. The van der Waals surface area contributed by atoms with Crippen molar-refractivity contribution in [1.82, 2.24) is 24.5 Å².